The number of likely N-dealkylation sites (tertiary alicyclic amines) is 1. The first-order chi connectivity index (χ1) is 21.0. The van der Waals surface area contributed by atoms with E-state index in [2.05, 4.69) is 39.4 Å². The van der Waals surface area contributed by atoms with Crippen LogP contribution in [0.2, 0.25) is 0 Å². The van der Waals surface area contributed by atoms with Crippen molar-refractivity contribution in [2.75, 3.05) is 25.9 Å². The van der Waals surface area contributed by atoms with Crippen molar-refractivity contribution >= 4 is 22.9 Å². The number of aromatic nitrogens is 6. The Balaban J connectivity index is 0.000000214. The molecule has 2 atom stereocenters. The van der Waals surface area contributed by atoms with Crippen molar-refractivity contribution in [3.63, 3.8) is 0 Å². The molecule has 0 saturated carbocycles. The largest absolute Gasteiger partial charge is 0.383 e. The number of hydrogen-bond acceptors (Lipinski definition) is 8. The minimum atomic E-state index is -0.0473. The van der Waals surface area contributed by atoms with E-state index in [0.29, 0.717) is 18.9 Å². The number of rotatable bonds is 5. The zero-order valence-corrected chi connectivity index (χ0v) is 24.1. The molecule has 7 rings (SSSR count). The Morgan fingerprint density at radius 1 is 1.09 bits per heavy atom. The molecular formula is C32H35N9O2. The van der Waals surface area contributed by atoms with E-state index >= 15 is 0 Å². The van der Waals surface area contributed by atoms with Crippen molar-refractivity contribution in [3.05, 3.63) is 90.9 Å². The molecule has 1 fully saturated rings. The van der Waals surface area contributed by atoms with Crippen LogP contribution in [0.25, 0.3) is 34.1 Å². The number of anilines is 1. The molecule has 1 aliphatic heterocycles. The molecule has 0 bridgehead atoms. The number of pyridine rings is 2. The van der Waals surface area contributed by atoms with Crippen LogP contribution < -0.4 is 11.5 Å². The Morgan fingerprint density at radius 2 is 1.95 bits per heavy atom. The Labute approximate surface area is 249 Å². The van der Waals surface area contributed by atoms with Crippen LogP contribution in [0.1, 0.15) is 24.0 Å². The zero-order valence-electron chi connectivity index (χ0n) is 24.1. The van der Waals surface area contributed by atoms with Gasteiger partial charge in [-0.25, -0.2) is 19.6 Å². The summed E-state index contributed by atoms with van der Waals surface area (Å²) in [6.45, 7) is 4.71. The smallest absolute Gasteiger partial charge is 0.246 e. The molecule has 0 spiro atoms. The van der Waals surface area contributed by atoms with Crippen LogP contribution in [0.15, 0.2) is 79.8 Å². The van der Waals surface area contributed by atoms with E-state index in [0.717, 1.165) is 53.3 Å². The van der Waals surface area contributed by atoms with Crippen LogP contribution >= 0.6 is 0 Å². The number of fused-ring (bicyclic) bond motifs is 2. The lowest BCUT2D eigenvalue weighted by molar-refractivity contribution is -0.129. The molecule has 11 nitrogen and oxygen atoms in total. The summed E-state index contributed by atoms with van der Waals surface area (Å²) in [5.41, 5.74) is 18.2. The molecule has 2 aliphatic rings. The maximum absolute atomic E-state index is 11.2. The topological polar surface area (TPSA) is 143 Å². The van der Waals surface area contributed by atoms with Gasteiger partial charge in [0.25, 0.3) is 0 Å². The lowest BCUT2D eigenvalue weighted by Crippen LogP contribution is -2.52. The summed E-state index contributed by atoms with van der Waals surface area (Å²) < 4.78 is 9.00. The summed E-state index contributed by atoms with van der Waals surface area (Å²) in [4.78, 5) is 27.0. The standard InChI is InChI=1S/C23H19N7.C9H16N2O2/c24-21-18(6-2-11-25-21)22-27-19-9-10-20(29-13-3-12-26-29)28-23(19)30(22)17-8-7-15-4-1-5-16(15)14-17;1-3-9(12)11-5-4-7(10)8(6-11)13-2/h2-3,6-14H,1,4-5H2,(H2,24,25);3,7-8H,1,4-6,10H2,2H3. The number of nitrogens with zero attached hydrogens (tertiary/aromatic N) is 7. The summed E-state index contributed by atoms with van der Waals surface area (Å²) in [5, 5.41) is 4.32. The summed E-state index contributed by atoms with van der Waals surface area (Å²) >= 11 is 0. The number of nitrogen functional groups attached to an aromatic ring is 1. The van der Waals surface area contributed by atoms with E-state index in [4.69, 9.17) is 26.2 Å². The van der Waals surface area contributed by atoms with Crippen LogP contribution in [0.4, 0.5) is 5.82 Å². The molecule has 220 valence electrons. The molecule has 11 heteroatoms. The molecule has 4 N–H and O–H groups in total. The molecular weight excluding hydrogens is 542 g/mol. The number of ether oxygens (including phenoxy) is 1. The van der Waals surface area contributed by atoms with E-state index < -0.39 is 0 Å². The second kappa shape index (κ2) is 12.2. The van der Waals surface area contributed by atoms with Crippen LogP contribution in [-0.4, -0.2) is 72.5 Å². The number of hydrogen-bond donors (Lipinski definition) is 2. The van der Waals surface area contributed by atoms with Gasteiger partial charge >= 0.3 is 0 Å². The van der Waals surface area contributed by atoms with Crippen molar-refractivity contribution in [1.82, 2.24) is 34.2 Å². The quantitative estimate of drug-likeness (QED) is 0.302. The number of benzene rings is 1. The number of piperidine rings is 1. The SMILES string of the molecule is C=CC(=O)N1CCC(N)C(OC)C1.Nc1ncccc1-c1nc2ccc(-n3cccn3)nc2n1-c1ccc2c(c1)CCC2. The van der Waals surface area contributed by atoms with Crippen molar-refractivity contribution in [1.29, 1.82) is 0 Å². The second-order valence-corrected chi connectivity index (χ2v) is 10.7. The third kappa shape index (κ3) is 5.64. The van der Waals surface area contributed by atoms with E-state index in [1.165, 1.54) is 23.6 Å². The third-order valence-corrected chi connectivity index (χ3v) is 8.05. The van der Waals surface area contributed by atoms with Gasteiger partial charge in [-0.15, -0.1) is 0 Å². The van der Waals surface area contributed by atoms with Crippen LogP contribution in [0, 0.1) is 0 Å². The van der Waals surface area contributed by atoms with Gasteiger partial charge < -0.3 is 21.1 Å². The van der Waals surface area contributed by atoms with Crippen LogP contribution in [0.5, 0.6) is 0 Å². The Bertz CT molecular complexity index is 1760. The Morgan fingerprint density at radius 3 is 2.72 bits per heavy atom. The van der Waals surface area contributed by atoms with E-state index in [1.807, 2.05) is 36.5 Å². The number of carbonyl (C=O) groups is 1. The minimum absolute atomic E-state index is 0.0406. The highest BCUT2D eigenvalue weighted by molar-refractivity contribution is 5.87. The zero-order chi connectivity index (χ0) is 29.9. The fourth-order valence-electron chi connectivity index (χ4n) is 5.72. The highest BCUT2D eigenvalue weighted by Crippen LogP contribution is 2.32. The van der Waals surface area contributed by atoms with Gasteiger partial charge in [-0.1, -0.05) is 12.6 Å². The van der Waals surface area contributed by atoms with Gasteiger partial charge in [0.05, 0.1) is 11.7 Å². The maximum atomic E-state index is 11.2. The average Bonchev–Trinajstić information content (AvgIpc) is 3.81. The van der Waals surface area contributed by atoms with Gasteiger partial charge in [0.15, 0.2) is 17.3 Å². The lowest BCUT2D eigenvalue weighted by Gasteiger charge is -2.35. The molecule has 1 amide bonds. The molecule has 1 aromatic carbocycles. The number of imidazole rings is 1. The van der Waals surface area contributed by atoms with Gasteiger partial charge in [0.2, 0.25) is 5.91 Å². The van der Waals surface area contributed by atoms with Gasteiger partial charge in [-0.3, -0.25) is 9.36 Å². The van der Waals surface area contributed by atoms with Gasteiger partial charge in [0, 0.05) is 50.5 Å². The summed E-state index contributed by atoms with van der Waals surface area (Å²) in [7, 11) is 1.62. The lowest BCUT2D eigenvalue weighted by atomic mass is 10.0. The number of carbonyl (C=O) groups excluding carboxylic acids is 1. The fourth-order valence-corrected chi connectivity index (χ4v) is 5.72. The number of amides is 1. The summed E-state index contributed by atoms with van der Waals surface area (Å²) in [5.74, 6) is 1.87. The molecule has 0 radical (unpaired) electrons. The number of methoxy groups -OCH3 is 1. The molecule has 2 unspecified atom stereocenters. The minimum Gasteiger partial charge on any atom is -0.383 e. The summed E-state index contributed by atoms with van der Waals surface area (Å²) in [6.07, 6.45) is 10.8. The Kier molecular flexibility index (Phi) is 7.99. The molecule has 5 heterocycles. The highest BCUT2D eigenvalue weighted by atomic mass is 16.5. The average molecular weight is 578 g/mol. The van der Waals surface area contributed by atoms with Gasteiger partial charge in [0.1, 0.15) is 11.3 Å². The van der Waals surface area contributed by atoms with Crippen molar-refractivity contribution in [2.24, 2.45) is 5.73 Å². The van der Waals surface area contributed by atoms with E-state index in [1.54, 1.807) is 29.1 Å². The second-order valence-electron chi connectivity index (χ2n) is 10.7. The van der Waals surface area contributed by atoms with Crippen molar-refractivity contribution in [2.45, 2.75) is 37.8 Å². The van der Waals surface area contributed by atoms with Crippen molar-refractivity contribution < 1.29 is 9.53 Å². The maximum Gasteiger partial charge on any atom is 0.246 e. The first-order valence-corrected chi connectivity index (χ1v) is 14.4. The normalized spacial score (nSPS) is 17.8. The third-order valence-electron chi connectivity index (χ3n) is 8.05. The molecule has 1 saturated heterocycles. The molecule has 4 aromatic heterocycles. The first-order valence-electron chi connectivity index (χ1n) is 14.4. The molecule has 5 aromatic rings. The number of nitrogens with two attached hydrogens (primary N) is 2. The van der Waals surface area contributed by atoms with Crippen LogP contribution in [-0.2, 0) is 22.4 Å². The predicted molar refractivity (Wildman–Crippen MR) is 166 cm³/mol. The van der Waals surface area contributed by atoms with Crippen LogP contribution in [0.3, 0.4) is 0 Å². The van der Waals surface area contributed by atoms with Gasteiger partial charge in [-0.05, 0) is 85.4 Å². The Hall–Kier alpha value is -4.87. The van der Waals surface area contributed by atoms with E-state index in [-0.39, 0.29) is 18.1 Å². The monoisotopic (exact) mass is 577 g/mol. The predicted octanol–water partition coefficient (Wildman–Crippen LogP) is 3.49. The van der Waals surface area contributed by atoms with E-state index in [9.17, 15) is 4.79 Å². The summed E-state index contributed by atoms with van der Waals surface area (Å²) in [6, 6.07) is 16.3. The van der Waals surface area contributed by atoms with Crippen molar-refractivity contribution in [3.8, 4) is 22.9 Å². The van der Waals surface area contributed by atoms with Gasteiger partial charge in [-0.2, -0.15) is 5.10 Å². The number of aryl methyl sites for hydroxylation is 2. The highest BCUT2D eigenvalue weighted by Gasteiger charge is 2.28. The molecule has 1 aliphatic carbocycles. The first kappa shape index (κ1) is 28.3. The molecule has 43 heavy (non-hydrogen) atoms. The fraction of sp³-hybridized carbons (Fsp3) is 0.281.